The molecular weight excluding hydrogens is 268 g/mol. The molecule has 1 amide bonds. The third-order valence-electron chi connectivity index (χ3n) is 3.08. The monoisotopic (exact) mass is 280 g/mol. The largest absolute Gasteiger partial charge is 0.319 e. The molecule has 2 aromatic heterocycles. The van der Waals surface area contributed by atoms with Crippen molar-refractivity contribution in [3.8, 4) is 0 Å². The molecule has 0 fully saturated rings. The number of carbonyl (C=O) groups excluding carboxylic acids is 1. The predicted octanol–water partition coefficient (Wildman–Crippen LogP) is 1.88. The number of benzene rings is 1. The van der Waals surface area contributed by atoms with Crippen molar-refractivity contribution in [2.24, 2.45) is 0 Å². The maximum atomic E-state index is 12.3. The number of H-pyrrole nitrogens is 1. The predicted molar refractivity (Wildman–Crippen MR) is 79.3 cm³/mol. The van der Waals surface area contributed by atoms with Gasteiger partial charge in [0.05, 0.1) is 17.3 Å². The van der Waals surface area contributed by atoms with Crippen LogP contribution < -0.4 is 10.9 Å². The SMILES string of the molecule is Cc1ccc(NC(=O)c2n[nH]c(=O)c3ccccc23)cn1. The zero-order valence-corrected chi connectivity index (χ0v) is 11.3. The molecular formula is C15H12N4O2. The van der Waals surface area contributed by atoms with E-state index in [-0.39, 0.29) is 11.3 Å². The van der Waals surface area contributed by atoms with Gasteiger partial charge in [0.2, 0.25) is 0 Å². The van der Waals surface area contributed by atoms with Crippen molar-refractivity contribution in [1.82, 2.24) is 15.2 Å². The molecule has 1 aromatic carbocycles. The van der Waals surface area contributed by atoms with Crippen LogP contribution in [0.2, 0.25) is 0 Å². The van der Waals surface area contributed by atoms with E-state index in [1.54, 1.807) is 42.6 Å². The van der Waals surface area contributed by atoms with E-state index in [1.165, 1.54) is 0 Å². The Kier molecular flexibility index (Phi) is 3.19. The molecule has 0 bridgehead atoms. The number of carbonyl (C=O) groups is 1. The fraction of sp³-hybridized carbons (Fsp3) is 0.0667. The fourth-order valence-electron chi connectivity index (χ4n) is 2.02. The summed E-state index contributed by atoms with van der Waals surface area (Å²) >= 11 is 0. The molecule has 0 aliphatic heterocycles. The van der Waals surface area contributed by atoms with Gasteiger partial charge < -0.3 is 5.32 Å². The van der Waals surface area contributed by atoms with Gasteiger partial charge in [0.25, 0.3) is 11.5 Å². The highest BCUT2D eigenvalue weighted by molar-refractivity contribution is 6.10. The lowest BCUT2D eigenvalue weighted by molar-refractivity contribution is 0.102. The summed E-state index contributed by atoms with van der Waals surface area (Å²) in [5, 5.41) is 9.84. The summed E-state index contributed by atoms with van der Waals surface area (Å²) in [5.41, 5.74) is 1.29. The Bertz CT molecular complexity index is 869. The van der Waals surface area contributed by atoms with Crippen molar-refractivity contribution in [1.29, 1.82) is 0 Å². The molecule has 0 saturated heterocycles. The van der Waals surface area contributed by atoms with Crippen LogP contribution in [-0.2, 0) is 0 Å². The van der Waals surface area contributed by atoms with E-state index in [2.05, 4.69) is 20.5 Å². The number of aromatic nitrogens is 3. The number of amides is 1. The van der Waals surface area contributed by atoms with E-state index >= 15 is 0 Å². The Morgan fingerprint density at radius 1 is 1.14 bits per heavy atom. The van der Waals surface area contributed by atoms with Crippen molar-refractivity contribution < 1.29 is 4.79 Å². The van der Waals surface area contributed by atoms with Crippen molar-refractivity contribution in [2.75, 3.05) is 5.32 Å². The van der Waals surface area contributed by atoms with Crippen LogP contribution in [0.1, 0.15) is 16.2 Å². The van der Waals surface area contributed by atoms with Gasteiger partial charge in [-0.3, -0.25) is 14.6 Å². The highest BCUT2D eigenvalue weighted by atomic mass is 16.2. The smallest absolute Gasteiger partial charge is 0.276 e. The van der Waals surface area contributed by atoms with Crippen LogP contribution in [0, 0.1) is 6.92 Å². The molecule has 6 nitrogen and oxygen atoms in total. The van der Waals surface area contributed by atoms with Crippen molar-refractivity contribution in [2.45, 2.75) is 6.92 Å². The number of aryl methyl sites for hydroxylation is 1. The zero-order valence-electron chi connectivity index (χ0n) is 11.3. The molecule has 2 heterocycles. The first-order valence-electron chi connectivity index (χ1n) is 6.36. The first kappa shape index (κ1) is 13.0. The van der Waals surface area contributed by atoms with Gasteiger partial charge in [-0.25, -0.2) is 5.10 Å². The number of hydrogen-bond donors (Lipinski definition) is 2. The van der Waals surface area contributed by atoms with Crippen molar-refractivity contribution >= 4 is 22.4 Å². The third kappa shape index (κ3) is 2.51. The lowest BCUT2D eigenvalue weighted by Crippen LogP contribution is -2.19. The molecule has 21 heavy (non-hydrogen) atoms. The summed E-state index contributed by atoms with van der Waals surface area (Å²) in [4.78, 5) is 28.1. The topological polar surface area (TPSA) is 87.7 Å². The number of hydrogen-bond acceptors (Lipinski definition) is 4. The highest BCUT2D eigenvalue weighted by Gasteiger charge is 2.14. The first-order valence-corrected chi connectivity index (χ1v) is 6.36. The standard InChI is InChI=1S/C15H12N4O2/c1-9-6-7-10(8-16-9)17-15(21)13-11-4-2-3-5-12(11)14(20)19-18-13/h2-8H,1H3,(H,17,21)(H,19,20). The Morgan fingerprint density at radius 2 is 1.90 bits per heavy atom. The lowest BCUT2D eigenvalue weighted by Gasteiger charge is -2.06. The Balaban J connectivity index is 2.00. The second kappa shape index (κ2) is 5.16. The molecule has 2 N–H and O–H groups in total. The number of nitrogens with zero attached hydrogens (tertiary/aromatic N) is 2. The number of aromatic amines is 1. The minimum atomic E-state index is -0.395. The van der Waals surface area contributed by atoms with E-state index in [9.17, 15) is 9.59 Å². The maximum absolute atomic E-state index is 12.3. The van der Waals surface area contributed by atoms with Crippen LogP contribution >= 0.6 is 0 Å². The summed E-state index contributed by atoms with van der Waals surface area (Å²) in [6.45, 7) is 1.86. The third-order valence-corrected chi connectivity index (χ3v) is 3.08. The molecule has 3 rings (SSSR count). The molecule has 0 aliphatic rings. The quantitative estimate of drug-likeness (QED) is 0.750. The number of fused-ring (bicyclic) bond motifs is 1. The van der Waals surface area contributed by atoms with Crippen LogP contribution in [0.15, 0.2) is 47.4 Å². The summed E-state index contributed by atoms with van der Waals surface area (Å²) < 4.78 is 0. The van der Waals surface area contributed by atoms with Gasteiger partial charge in [-0.15, -0.1) is 0 Å². The zero-order chi connectivity index (χ0) is 14.8. The van der Waals surface area contributed by atoms with Gasteiger partial charge in [-0.1, -0.05) is 18.2 Å². The van der Waals surface area contributed by atoms with Crippen LogP contribution in [0.4, 0.5) is 5.69 Å². The average molecular weight is 280 g/mol. The summed E-state index contributed by atoms with van der Waals surface area (Å²) in [5.74, 6) is -0.395. The van der Waals surface area contributed by atoms with E-state index < -0.39 is 5.91 Å². The highest BCUT2D eigenvalue weighted by Crippen LogP contribution is 2.14. The van der Waals surface area contributed by atoms with E-state index in [0.29, 0.717) is 16.5 Å². The van der Waals surface area contributed by atoms with Gasteiger partial charge in [-0.2, -0.15) is 5.10 Å². The van der Waals surface area contributed by atoms with Gasteiger partial charge in [0.1, 0.15) is 0 Å². The summed E-state index contributed by atoms with van der Waals surface area (Å²) in [7, 11) is 0. The molecule has 0 saturated carbocycles. The average Bonchev–Trinajstić information content (AvgIpc) is 2.50. The van der Waals surface area contributed by atoms with E-state index in [4.69, 9.17) is 0 Å². The molecule has 3 aromatic rings. The van der Waals surface area contributed by atoms with Gasteiger partial charge in [0, 0.05) is 11.1 Å². The lowest BCUT2D eigenvalue weighted by atomic mass is 10.1. The second-order valence-corrected chi connectivity index (χ2v) is 4.59. The minimum absolute atomic E-state index is 0.172. The van der Waals surface area contributed by atoms with Crippen LogP contribution in [0.25, 0.3) is 10.8 Å². The first-order chi connectivity index (χ1) is 10.1. The van der Waals surface area contributed by atoms with E-state index in [0.717, 1.165) is 5.69 Å². The van der Waals surface area contributed by atoms with Crippen molar-refractivity contribution in [3.63, 3.8) is 0 Å². The molecule has 0 aliphatic carbocycles. The maximum Gasteiger partial charge on any atom is 0.276 e. The van der Waals surface area contributed by atoms with Crippen LogP contribution in [-0.4, -0.2) is 21.1 Å². The molecule has 0 spiro atoms. The number of rotatable bonds is 2. The summed E-state index contributed by atoms with van der Waals surface area (Å²) in [6.07, 6.45) is 1.57. The summed E-state index contributed by atoms with van der Waals surface area (Å²) in [6, 6.07) is 10.4. The normalized spacial score (nSPS) is 10.5. The van der Waals surface area contributed by atoms with Gasteiger partial charge in [0.15, 0.2) is 5.69 Å². The number of pyridine rings is 1. The van der Waals surface area contributed by atoms with Gasteiger partial charge >= 0.3 is 0 Å². The molecule has 0 unspecified atom stereocenters. The molecule has 0 radical (unpaired) electrons. The molecule has 104 valence electrons. The number of anilines is 1. The van der Waals surface area contributed by atoms with Gasteiger partial charge in [-0.05, 0) is 25.1 Å². The van der Waals surface area contributed by atoms with Crippen LogP contribution in [0.5, 0.6) is 0 Å². The Morgan fingerprint density at radius 3 is 2.62 bits per heavy atom. The Labute approximate surface area is 119 Å². The van der Waals surface area contributed by atoms with Crippen LogP contribution in [0.3, 0.4) is 0 Å². The minimum Gasteiger partial charge on any atom is -0.319 e. The molecule has 0 atom stereocenters. The van der Waals surface area contributed by atoms with Crippen molar-refractivity contribution in [3.05, 3.63) is 64.3 Å². The van der Waals surface area contributed by atoms with E-state index in [1.807, 2.05) is 6.92 Å². The Hall–Kier alpha value is -3.02. The number of nitrogens with one attached hydrogen (secondary N) is 2. The molecule has 6 heteroatoms. The second-order valence-electron chi connectivity index (χ2n) is 4.59. The fourth-order valence-corrected chi connectivity index (χ4v) is 2.02.